The molecule has 0 atom stereocenters. The molecule has 0 aromatic rings. The van der Waals surface area contributed by atoms with Gasteiger partial charge < -0.3 is 14.8 Å². The van der Waals surface area contributed by atoms with Crippen LogP contribution in [0.5, 0.6) is 0 Å². The first-order valence-corrected chi connectivity index (χ1v) is 8.60. The summed E-state index contributed by atoms with van der Waals surface area (Å²) in [6.07, 6.45) is 10.0. The van der Waals surface area contributed by atoms with Gasteiger partial charge in [0.2, 0.25) is 0 Å². The van der Waals surface area contributed by atoms with Gasteiger partial charge in [0, 0.05) is 26.9 Å². The lowest BCUT2D eigenvalue weighted by molar-refractivity contribution is -0.0806. The van der Waals surface area contributed by atoms with Crippen LogP contribution in [0.1, 0.15) is 65.2 Å². The van der Waals surface area contributed by atoms with E-state index in [4.69, 9.17) is 9.47 Å². The summed E-state index contributed by atoms with van der Waals surface area (Å²) in [6, 6.07) is 0. The SMILES string of the molecule is CCCNCC1(OCCCOC)CCC(CCC)CC1. The molecule has 0 aliphatic heterocycles. The van der Waals surface area contributed by atoms with E-state index in [1.807, 2.05) is 0 Å². The summed E-state index contributed by atoms with van der Waals surface area (Å²) in [7, 11) is 1.76. The Balaban J connectivity index is 2.39. The number of hydrogen-bond acceptors (Lipinski definition) is 3. The van der Waals surface area contributed by atoms with Gasteiger partial charge in [0.25, 0.3) is 0 Å². The molecule has 1 saturated carbocycles. The minimum Gasteiger partial charge on any atom is -0.385 e. The second-order valence-corrected chi connectivity index (χ2v) is 6.29. The summed E-state index contributed by atoms with van der Waals surface area (Å²) in [5.74, 6) is 0.932. The Labute approximate surface area is 125 Å². The molecule has 20 heavy (non-hydrogen) atoms. The van der Waals surface area contributed by atoms with Crippen molar-refractivity contribution in [2.24, 2.45) is 5.92 Å². The van der Waals surface area contributed by atoms with Crippen LogP contribution < -0.4 is 5.32 Å². The maximum atomic E-state index is 6.30. The summed E-state index contributed by atoms with van der Waals surface area (Å²) in [5.41, 5.74) is 0.0904. The molecule has 1 rings (SSSR count). The third-order valence-electron chi connectivity index (χ3n) is 4.49. The first-order chi connectivity index (χ1) is 9.76. The average molecular weight is 285 g/mol. The molecule has 1 N–H and O–H groups in total. The van der Waals surface area contributed by atoms with Crippen molar-refractivity contribution in [3.8, 4) is 0 Å². The van der Waals surface area contributed by atoms with E-state index in [0.717, 1.165) is 38.6 Å². The van der Waals surface area contributed by atoms with Crippen LogP contribution in [0.25, 0.3) is 0 Å². The molecule has 1 aliphatic carbocycles. The van der Waals surface area contributed by atoms with E-state index in [1.165, 1.54) is 44.9 Å². The largest absolute Gasteiger partial charge is 0.385 e. The van der Waals surface area contributed by atoms with E-state index >= 15 is 0 Å². The molecule has 0 amide bonds. The van der Waals surface area contributed by atoms with Gasteiger partial charge >= 0.3 is 0 Å². The Bertz CT molecular complexity index is 220. The minimum absolute atomic E-state index is 0.0904. The number of hydrogen-bond donors (Lipinski definition) is 1. The van der Waals surface area contributed by atoms with Crippen molar-refractivity contribution in [3.05, 3.63) is 0 Å². The Kier molecular flexibility index (Phi) is 9.49. The van der Waals surface area contributed by atoms with E-state index in [9.17, 15) is 0 Å². The molecule has 120 valence electrons. The van der Waals surface area contributed by atoms with Gasteiger partial charge in [-0.1, -0.05) is 26.7 Å². The van der Waals surface area contributed by atoms with Gasteiger partial charge in [-0.2, -0.15) is 0 Å². The molecule has 0 radical (unpaired) electrons. The van der Waals surface area contributed by atoms with Gasteiger partial charge in [-0.15, -0.1) is 0 Å². The first-order valence-electron chi connectivity index (χ1n) is 8.60. The maximum absolute atomic E-state index is 6.30. The van der Waals surface area contributed by atoms with Crippen molar-refractivity contribution < 1.29 is 9.47 Å². The summed E-state index contributed by atoms with van der Waals surface area (Å²) in [6.45, 7) is 8.27. The lowest BCUT2D eigenvalue weighted by Crippen LogP contribution is -2.46. The Hall–Kier alpha value is -0.120. The third-order valence-corrected chi connectivity index (χ3v) is 4.49. The zero-order valence-corrected chi connectivity index (χ0v) is 13.9. The first kappa shape index (κ1) is 17.9. The highest BCUT2D eigenvalue weighted by atomic mass is 16.5. The second-order valence-electron chi connectivity index (χ2n) is 6.29. The lowest BCUT2D eigenvalue weighted by Gasteiger charge is -2.40. The van der Waals surface area contributed by atoms with Crippen molar-refractivity contribution in [1.29, 1.82) is 0 Å². The highest BCUT2D eigenvalue weighted by Crippen LogP contribution is 2.36. The van der Waals surface area contributed by atoms with Crippen molar-refractivity contribution >= 4 is 0 Å². The van der Waals surface area contributed by atoms with Gasteiger partial charge in [-0.3, -0.25) is 0 Å². The predicted octanol–water partition coefficient (Wildman–Crippen LogP) is 3.77. The van der Waals surface area contributed by atoms with Gasteiger partial charge in [0.15, 0.2) is 0 Å². The predicted molar refractivity (Wildman–Crippen MR) is 85.2 cm³/mol. The monoisotopic (exact) mass is 285 g/mol. The second kappa shape index (κ2) is 10.6. The summed E-state index contributed by atoms with van der Waals surface area (Å²) >= 11 is 0. The fourth-order valence-corrected chi connectivity index (χ4v) is 3.26. The van der Waals surface area contributed by atoms with Gasteiger partial charge in [-0.05, 0) is 51.0 Å². The summed E-state index contributed by atoms with van der Waals surface area (Å²) < 4.78 is 11.4. The molecule has 1 aliphatic rings. The minimum atomic E-state index is 0.0904. The topological polar surface area (TPSA) is 30.5 Å². The molecule has 3 heteroatoms. The van der Waals surface area contributed by atoms with Crippen LogP contribution in [0.2, 0.25) is 0 Å². The van der Waals surface area contributed by atoms with E-state index < -0.39 is 0 Å². The Morgan fingerprint density at radius 2 is 1.85 bits per heavy atom. The van der Waals surface area contributed by atoms with Crippen LogP contribution in [0.3, 0.4) is 0 Å². The molecular formula is C17H35NO2. The Morgan fingerprint density at radius 3 is 2.45 bits per heavy atom. The van der Waals surface area contributed by atoms with Crippen molar-refractivity contribution in [1.82, 2.24) is 5.32 Å². The van der Waals surface area contributed by atoms with Gasteiger partial charge in [-0.25, -0.2) is 0 Å². The van der Waals surface area contributed by atoms with Crippen LogP contribution in [0.15, 0.2) is 0 Å². The Morgan fingerprint density at radius 1 is 1.10 bits per heavy atom. The maximum Gasteiger partial charge on any atom is 0.0806 e. The van der Waals surface area contributed by atoms with Crippen LogP contribution in [-0.2, 0) is 9.47 Å². The van der Waals surface area contributed by atoms with E-state index in [-0.39, 0.29) is 5.60 Å². The zero-order chi connectivity index (χ0) is 14.7. The molecule has 0 aromatic carbocycles. The highest BCUT2D eigenvalue weighted by Gasteiger charge is 2.35. The quantitative estimate of drug-likeness (QED) is 0.586. The molecular weight excluding hydrogens is 250 g/mol. The third kappa shape index (κ3) is 6.55. The molecule has 0 heterocycles. The van der Waals surface area contributed by atoms with Gasteiger partial charge in [0.05, 0.1) is 5.60 Å². The molecule has 0 saturated heterocycles. The van der Waals surface area contributed by atoms with E-state index in [1.54, 1.807) is 7.11 Å². The van der Waals surface area contributed by atoms with Crippen molar-refractivity contribution in [3.63, 3.8) is 0 Å². The number of ether oxygens (including phenoxy) is 2. The van der Waals surface area contributed by atoms with Crippen LogP contribution in [-0.4, -0.2) is 39.0 Å². The zero-order valence-electron chi connectivity index (χ0n) is 13.9. The van der Waals surface area contributed by atoms with Crippen LogP contribution >= 0.6 is 0 Å². The number of rotatable bonds is 11. The van der Waals surface area contributed by atoms with E-state index in [2.05, 4.69) is 19.2 Å². The number of nitrogens with one attached hydrogen (secondary N) is 1. The van der Waals surface area contributed by atoms with E-state index in [0.29, 0.717) is 0 Å². The summed E-state index contributed by atoms with van der Waals surface area (Å²) in [4.78, 5) is 0. The lowest BCUT2D eigenvalue weighted by atomic mass is 9.77. The molecule has 0 bridgehead atoms. The molecule has 3 nitrogen and oxygen atoms in total. The molecule has 1 fully saturated rings. The molecule has 0 aromatic heterocycles. The fraction of sp³-hybridized carbons (Fsp3) is 1.00. The van der Waals surface area contributed by atoms with Crippen LogP contribution in [0, 0.1) is 5.92 Å². The smallest absolute Gasteiger partial charge is 0.0806 e. The molecule has 0 unspecified atom stereocenters. The number of methoxy groups -OCH3 is 1. The van der Waals surface area contributed by atoms with Crippen LogP contribution in [0.4, 0.5) is 0 Å². The summed E-state index contributed by atoms with van der Waals surface area (Å²) in [5, 5.41) is 3.58. The average Bonchev–Trinajstić information content (AvgIpc) is 2.47. The molecule has 0 spiro atoms. The van der Waals surface area contributed by atoms with Gasteiger partial charge in [0.1, 0.15) is 0 Å². The highest BCUT2D eigenvalue weighted by molar-refractivity contribution is 4.89. The fourth-order valence-electron chi connectivity index (χ4n) is 3.26. The normalized spacial score (nSPS) is 26.9. The standard InChI is InChI=1S/C17H35NO2/c1-4-7-16-8-10-17(11-9-16,15-18-12-5-2)20-14-6-13-19-3/h16,18H,4-15H2,1-3H3. The van der Waals surface area contributed by atoms with Crippen molar-refractivity contribution in [2.45, 2.75) is 70.8 Å². The van der Waals surface area contributed by atoms with Crippen molar-refractivity contribution in [2.75, 3.05) is 33.4 Å².